The summed E-state index contributed by atoms with van der Waals surface area (Å²) in [6, 6.07) is 2.12. The maximum Gasteiger partial charge on any atom is 0.123 e. The van der Waals surface area contributed by atoms with Gasteiger partial charge < -0.3 is 4.57 Å². The van der Waals surface area contributed by atoms with Gasteiger partial charge >= 0.3 is 0 Å². The molecule has 2 heterocycles. The predicted octanol–water partition coefficient (Wildman–Crippen LogP) is 1.97. The molecule has 5 heteroatoms. The van der Waals surface area contributed by atoms with Crippen LogP contribution in [0.15, 0.2) is 18.5 Å². The zero-order valence-electron chi connectivity index (χ0n) is 9.52. The number of aromatic nitrogens is 4. The van der Waals surface area contributed by atoms with Gasteiger partial charge in [0.25, 0.3) is 0 Å². The highest BCUT2D eigenvalue weighted by Gasteiger charge is 2.07. The van der Waals surface area contributed by atoms with Crippen LogP contribution in [0.4, 0.5) is 0 Å². The Morgan fingerprint density at radius 1 is 1.44 bits per heavy atom. The average molecular weight is 239 g/mol. The lowest BCUT2D eigenvalue weighted by Gasteiger charge is -2.05. The van der Waals surface area contributed by atoms with E-state index in [0.29, 0.717) is 5.88 Å². The molecule has 0 aliphatic rings. The third kappa shape index (κ3) is 2.11. The Hall–Kier alpha value is -1.29. The fourth-order valence-corrected chi connectivity index (χ4v) is 1.90. The predicted molar refractivity (Wildman–Crippen MR) is 63.5 cm³/mol. The molecule has 0 saturated heterocycles. The molecule has 0 fully saturated rings. The number of imidazole rings is 1. The van der Waals surface area contributed by atoms with Gasteiger partial charge in [0, 0.05) is 19.4 Å². The number of alkyl halides is 1. The third-order valence-electron chi connectivity index (χ3n) is 2.64. The number of halogens is 1. The van der Waals surface area contributed by atoms with Crippen LogP contribution >= 0.6 is 11.6 Å². The molecule has 2 aromatic heterocycles. The summed E-state index contributed by atoms with van der Waals surface area (Å²) in [5, 5.41) is 4.42. The van der Waals surface area contributed by atoms with E-state index in [1.807, 2.05) is 22.5 Å². The molecule has 0 bridgehead atoms. The Bertz CT molecular complexity index is 472. The molecular formula is C11H15ClN4. The summed E-state index contributed by atoms with van der Waals surface area (Å²) in [5.74, 6) is 1.33. The van der Waals surface area contributed by atoms with Gasteiger partial charge in [-0.3, -0.25) is 4.68 Å². The zero-order chi connectivity index (χ0) is 11.5. The van der Waals surface area contributed by atoms with Crippen LogP contribution in [0.1, 0.15) is 24.1 Å². The lowest BCUT2D eigenvalue weighted by atomic mass is 10.3. The van der Waals surface area contributed by atoms with E-state index < -0.39 is 0 Å². The van der Waals surface area contributed by atoms with Crippen molar-refractivity contribution in [1.82, 2.24) is 19.3 Å². The van der Waals surface area contributed by atoms with Crippen molar-refractivity contribution in [3.05, 3.63) is 35.7 Å². The fraction of sp³-hybridized carbons (Fsp3) is 0.455. The van der Waals surface area contributed by atoms with Gasteiger partial charge in [0.05, 0.1) is 23.8 Å². The van der Waals surface area contributed by atoms with Crippen LogP contribution in [-0.2, 0) is 25.9 Å². The molecule has 2 aromatic rings. The van der Waals surface area contributed by atoms with Crippen LogP contribution in [0.3, 0.4) is 0 Å². The lowest BCUT2D eigenvalue weighted by Crippen LogP contribution is -2.07. The second-order valence-electron chi connectivity index (χ2n) is 3.71. The Morgan fingerprint density at radius 2 is 2.25 bits per heavy atom. The van der Waals surface area contributed by atoms with Crippen LogP contribution in [-0.4, -0.2) is 19.3 Å². The van der Waals surface area contributed by atoms with Crippen molar-refractivity contribution in [3.8, 4) is 0 Å². The van der Waals surface area contributed by atoms with E-state index in [2.05, 4.69) is 23.1 Å². The molecule has 0 atom stereocenters. The Labute approximate surface area is 99.9 Å². The van der Waals surface area contributed by atoms with E-state index in [-0.39, 0.29) is 0 Å². The minimum absolute atomic E-state index is 0.436. The first-order chi connectivity index (χ1) is 7.74. The molecule has 0 unspecified atom stereocenters. The van der Waals surface area contributed by atoms with Gasteiger partial charge in [0.15, 0.2) is 0 Å². The Kier molecular flexibility index (Phi) is 3.29. The van der Waals surface area contributed by atoms with Crippen molar-refractivity contribution in [2.45, 2.75) is 25.8 Å². The standard InChI is InChI=1S/C11H15ClN4/c1-3-9-6-10(15(2)14-9)8-16-5-4-13-11(16)7-12/h4-6H,3,7-8H2,1-2H3. The third-order valence-corrected chi connectivity index (χ3v) is 2.88. The molecule has 0 spiro atoms. The zero-order valence-corrected chi connectivity index (χ0v) is 10.3. The monoisotopic (exact) mass is 238 g/mol. The number of aryl methyl sites for hydroxylation is 2. The van der Waals surface area contributed by atoms with Crippen molar-refractivity contribution in [2.75, 3.05) is 0 Å². The lowest BCUT2D eigenvalue weighted by molar-refractivity contribution is 0.649. The SMILES string of the molecule is CCc1cc(Cn2ccnc2CCl)n(C)n1. The van der Waals surface area contributed by atoms with Gasteiger partial charge in [-0.1, -0.05) is 6.92 Å². The van der Waals surface area contributed by atoms with Crippen LogP contribution in [0.25, 0.3) is 0 Å². The summed E-state index contributed by atoms with van der Waals surface area (Å²) in [5.41, 5.74) is 2.28. The maximum absolute atomic E-state index is 5.81. The highest BCUT2D eigenvalue weighted by molar-refractivity contribution is 6.16. The average Bonchev–Trinajstić information content (AvgIpc) is 2.86. The fourth-order valence-electron chi connectivity index (χ4n) is 1.68. The van der Waals surface area contributed by atoms with E-state index in [1.54, 1.807) is 6.20 Å². The van der Waals surface area contributed by atoms with Crippen LogP contribution < -0.4 is 0 Å². The van der Waals surface area contributed by atoms with Gasteiger partial charge in [0.2, 0.25) is 0 Å². The molecular weight excluding hydrogens is 224 g/mol. The van der Waals surface area contributed by atoms with E-state index in [0.717, 1.165) is 24.5 Å². The van der Waals surface area contributed by atoms with E-state index in [1.165, 1.54) is 5.69 Å². The smallest absolute Gasteiger partial charge is 0.123 e. The normalized spacial score (nSPS) is 10.9. The van der Waals surface area contributed by atoms with E-state index in [9.17, 15) is 0 Å². The molecule has 0 radical (unpaired) electrons. The van der Waals surface area contributed by atoms with Crippen LogP contribution in [0.5, 0.6) is 0 Å². The van der Waals surface area contributed by atoms with Crippen molar-refractivity contribution in [3.63, 3.8) is 0 Å². The minimum Gasteiger partial charge on any atom is -0.328 e. The number of hydrogen-bond donors (Lipinski definition) is 0. The van der Waals surface area contributed by atoms with Crippen molar-refractivity contribution in [1.29, 1.82) is 0 Å². The van der Waals surface area contributed by atoms with Gasteiger partial charge in [0.1, 0.15) is 5.82 Å². The molecule has 0 N–H and O–H groups in total. The van der Waals surface area contributed by atoms with E-state index >= 15 is 0 Å². The molecule has 86 valence electrons. The maximum atomic E-state index is 5.81. The minimum atomic E-state index is 0.436. The largest absolute Gasteiger partial charge is 0.328 e. The highest BCUT2D eigenvalue weighted by Crippen LogP contribution is 2.09. The molecule has 0 saturated carbocycles. The molecule has 4 nitrogen and oxygen atoms in total. The highest BCUT2D eigenvalue weighted by atomic mass is 35.5. The Morgan fingerprint density at radius 3 is 2.88 bits per heavy atom. The summed E-state index contributed by atoms with van der Waals surface area (Å²) < 4.78 is 3.96. The number of rotatable bonds is 4. The van der Waals surface area contributed by atoms with Gasteiger partial charge in [-0.2, -0.15) is 5.10 Å². The number of hydrogen-bond acceptors (Lipinski definition) is 2. The van der Waals surface area contributed by atoms with Gasteiger partial charge in [-0.25, -0.2) is 4.98 Å². The van der Waals surface area contributed by atoms with Crippen molar-refractivity contribution in [2.24, 2.45) is 7.05 Å². The molecule has 16 heavy (non-hydrogen) atoms. The summed E-state index contributed by atoms with van der Waals surface area (Å²) in [6.07, 6.45) is 4.67. The molecule has 0 aromatic carbocycles. The van der Waals surface area contributed by atoms with Crippen LogP contribution in [0, 0.1) is 0 Å². The Balaban J connectivity index is 2.23. The summed E-state index contributed by atoms with van der Waals surface area (Å²) in [6.45, 7) is 2.87. The summed E-state index contributed by atoms with van der Waals surface area (Å²) >= 11 is 5.81. The first-order valence-corrected chi connectivity index (χ1v) is 5.85. The van der Waals surface area contributed by atoms with Crippen molar-refractivity contribution < 1.29 is 0 Å². The molecule has 0 aliphatic heterocycles. The summed E-state index contributed by atoms with van der Waals surface area (Å²) in [7, 11) is 1.96. The first-order valence-electron chi connectivity index (χ1n) is 5.32. The quantitative estimate of drug-likeness (QED) is 0.764. The topological polar surface area (TPSA) is 35.6 Å². The van der Waals surface area contributed by atoms with Crippen molar-refractivity contribution >= 4 is 11.6 Å². The van der Waals surface area contributed by atoms with E-state index in [4.69, 9.17) is 11.6 Å². The molecule has 0 amide bonds. The molecule has 0 aliphatic carbocycles. The number of nitrogens with zero attached hydrogens (tertiary/aromatic N) is 4. The second-order valence-corrected chi connectivity index (χ2v) is 3.98. The van der Waals surface area contributed by atoms with Gasteiger partial charge in [-0.15, -0.1) is 11.6 Å². The molecule has 2 rings (SSSR count). The first kappa shape index (κ1) is 11.2. The van der Waals surface area contributed by atoms with Crippen LogP contribution in [0.2, 0.25) is 0 Å². The summed E-state index contributed by atoms with van der Waals surface area (Å²) in [4.78, 5) is 4.19. The second kappa shape index (κ2) is 4.70. The van der Waals surface area contributed by atoms with Gasteiger partial charge in [-0.05, 0) is 12.5 Å².